The molecule has 0 radical (unpaired) electrons. The second-order valence-electron chi connectivity index (χ2n) is 5.99. The molecular weight excluding hydrogens is 375 g/mol. The first-order valence-corrected chi connectivity index (χ1v) is 9.57. The molecule has 3 aromatic rings. The van der Waals surface area contributed by atoms with E-state index in [0.29, 0.717) is 32.5 Å². The van der Waals surface area contributed by atoms with Gasteiger partial charge in [0.15, 0.2) is 5.82 Å². The zero-order chi connectivity index (χ0) is 18.0. The number of rotatable bonds is 5. The Balaban J connectivity index is 1.75. The van der Waals surface area contributed by atoms with Gasteiger partial charge in [0.05, 0.1) is 5.02 Å². The molecule has 0 amide bonds. The van der Waals surface area contributed by atoms with Crippen molar-refractivity contribution in [3.8, 4) is 11.4 Å². The highest BCUT2D eigenvalue weighted by molar-refractivity contribution is 7.98. The summed E-state index contributed by atoms with van der Waals surface area (Å²) in [7, 11) is 0. The fourth-order valence-electron chi connectivity index (χ4n) is 2.38. The number of hydrogen-bond acceptors (Lipinski definition) is 4. The number of aromatic nitrogens is 3. The van der Waals surface area contributed by atoms with Gasteiger partial charge in [0, 0.05) is 16.3 Å². The Morgan fingerprint density at radius 1 is 1.08 bits per heavy atom. The van der Waals surface area contributed by atoms with Crippen LogP contribution >= 0.6 is 35.0 Å². The van der Waals surface area contributed by atoms with Gasteiger partial charge in [0.2, 0.25) is 5.16 Å². The van der Waals surface area contributed by atoms with Crippen LogP contribution in [0.3, 0.4) is 0 Å². The average molecular weight is 393 g/mol. The number of nitrogens with zero attached hydrogens (tertiary/aromatic N) is 3. The Labute approximate surface area is 161 Å². The van der Waals surface area contributed by atoms with Gasteiger partial charge in [0.25, 0.3) is 0 Å². The van der Waals surface area contributed by atoms with E-state index in [9.17, 15) is 0 Å². The fourth-order valence-corrected chi connectivity index (χ4v) is 3.68. The lowest BCUT2D eigenvalue weighted by Gasteiger charge is -2.07. The van der Waals surface area contributed by atoms with Gasteiger partial charge >= 0.3 is 0 Å². The van der Waals surface area contributed by atoms with E-state index in [1.54, 1.807) is 18.2 Å². The number of benzene rings is 2. The molecule has 0 saturated heterocycles. The van der Waals surface area contributed by atoms with Crippen LogP contribution in [0, 0.1) is 0 Å². The van der Waals surface area contributed by atoms with Crippen molar-refractivity contribution in [3.63, 3.8) is 0 Å². The van der Waals surface area contributed by atoms with Gasteiger partial charge in [0.1, 0.15) is 0 Å². The van der Waals surface area contributed by atoms with E-state index in [1.165, 1.54) is 27.6 Å². The summed E-state index contributed by atoms with van der Waals surface area (Å²) in [5, 5.41) is 10.0. The molecule has 0 fully saturated rings. The molecule has 130 valence electrons. The minimum Gasteiger partial charge on any atom is -0.335 e. The maximum atomic E-state index is 6.23. The van der Waals surface area contributed by atoms with Crippen molar-refractivity contribution < 1.29 is 0 Å². The Kier molecular flexibility index (Phi) is 5.57. The van der Waals surface area contributed by atoms with E-state index in [4.69, 9.17) is 29.0 Å². The average Bonchev–Trinajstić information content (AvgIpc) is 2.94. The lowest BCUT2D eigenvalue weighted by atomic mass is 10.0. The van der Waals surface area contributed by atoms with Gasteiger partial charge in [-0.05, 0) is 35.2 Å². The molecule has 0 unspecified atom stereocenters. The normalized spacial score (nSPS) is 11.2. The van der Waals surface area contributed by atoms with Crippen molar-refractivity contribution in [3.05, 3.63) is 63.6 Å². The predicted molar refractivity (Wildman–Crippen MR) is 106 cm³/mol. The Morgan fingerprint density at radius 3 is 2.44 bits per heavy atom. The van der Waals surface area contributed by atoms with E-state index < -0.39 is 0 Å². The van der Waals surface area contributed by atoms with Gasteiger partial charge in [-0.15, -0.1) is 10.2 Å². The molecule has 3 rings (SSSR count). The highest BCUT2D eigenvalue weighted by Crippen LogP contribution is 2.31. The van der Waals surface area contributed by atoms with Gasteiger partial charge in [-0.25, -0.2) is 4.68 Å². The van der Waals surface area contributed by atoms with Crippen LogP contribution in [0.4, 0.5) is 0 Å². The van der Waals surface area contributed by atoms with E-state index >= 15 is 0 Å². The molecular formula is C18H18Cl2N4S. The third-order valence-electron chi connectivity index (χ3n) is 3.85. The number of hydrogen-bond donors (Lipinski definition) is 1. The SMILES string of the molecule is CC(C)c1ccc(CSc2nnc(-c3ccc(Cl)cc3Cl)n2N)cc1. The third kappa shape index (κ3) is 4.11. The van der Waals surface area contributed by atoms with Crippen molar-refractivity contribution in [2.45, 2.75) is 30.7 Å². The van der Waals surface area contributed by atoms with Crippen LogP contribution in [-0.4, -0.2) is 14.9 Å². The smallest absolute Gasteiger partial charge is 0.210 e. The summed E-state index contributed by atoms with van der Waals surface area (Å²) in [4.78, 5) is 0. The summed E-state index contributed by atoms with van der Waals surface area (Å²) in [6, 6.07) is 13.8. The Morgan fingerprint density at radius 2 is 1.80 bits per heavy atom. The van der Waals surface area contributed by atoms with Crippen molar-refractivity contribution in [2.75, 3.05) is 5.84 Å². The molecule has 0 saturated carbocycles. The standard InChI is InChI=1S/C18H18Cl2N4S/c1-11(2)13-5-3-12(4-6-13)10-25-18-23-22-17(24(18)21)15-8-7-14(19)9-16(15)20/h3-9,11H,10,21H2,1-2H3. The highest BCUT2D eigenvalue weighted by Gasteiger charge is 2.15. The molecule has 4 nitrogen and oxygen atoms in total. The van der Waals surface area contributed by atoms with Crippen LogP contribution in [0.2, 0.25) is 10.0 Å². The minimum absolute atomic E-state index is 0.493. The van der Waals surface area contributed by atoms with E-state index in [1.807, 2.05) is 0 Å². The summed E-state index contributed by atoms with van der Waals surface area (Å²) in [6.07, 6.45) is 0. The summed E-state index contributed by atoms with van der Waals surface area (Å²) in [5.74, 6) is 7.96. The number of nitrogen functional groups attached to an aromatic ring is 1. The predicted octanol–water partition coefficient (Wildman–Crippen LogP) is 5.38. The zero-order valence-corrected chi connectivity index (χ0v) is 16.2. The fraction of sp³-hybridized carbons (Fsp3) is 0.222. The maximum Gasteiger partial charge on any atom is 0.210 e. The largest absolute Gasteiger partial charge is 0.335 e. The van der Waals surface area contributed by atoms with Crippen molar-refractivity contribution >= 4 is 35.0 Å². The molecule has 1 aromatic heterocycles. The first-order valence-electron chi connectivity index (χ1n) is 7.83. The van der Waals surface area contributed by atoms with Gasteiger partial charge in [-0.2, -0.15) is 0 Å². The number of nitrogens with two attached hydrogens (primary N) is 1. The Hall–Kier alpha value is -1.69. The molecule has 0 aliphatic rings. The van der Waals surface area contributed by atoms with Gasteiger partial charge < -0.3 is 5.84 Å². The molecule has 1 heterocycles. The van der Waals surface area contributed by atoms with Crippen LogP contribution in [-0.2, 0) is 5.75 Å². The molecule has 0 spiro atoms. The molecule has 2 aromatic carbocycles. The van der Waals surface area contributed by atoms with E-state index in [2.05, 4.69) is 48.3 Å². The quantitative estimate of drug-likeness (QED) is 0.467. The van der Waals surface area contributed by atoms with E-state index in [0.717, 1.165) is 5.75 Å². The van der Waals surface area contributed by atoms with Crippen LogP contribution < -0.4 is 5.84 Å². The highest BCUT2D eigenvalue weighted by atomic mass is 35.5. The summed E-state index contributed by atoms with van der Waals surface area (Å²) < 4.78 is 1.46. The van der Waals surface area contributed by atoms with Crippen molar-refractivity contribution in [1.82, 2.24) is 14.9 Å². The third-order valence-corrected chi connectivity index (χ3v) is 5.41. The van der Waals surface area contributed by atoms with E-state index in [-0.39, 0.29) is 0 Å². The van der Waals surface area contributed by atoms with Crippen LogP contribution in [0.1, 0.15) is 30.9 Å². The number of thioether (sulfide) groups is 1. The summed E-state index contributed by atoms with van der Waals surface area (Å²) in [5.41, 5.74) is 3.24. The van der Waals surface area contributed by atoms with Gasteiger partial charge in [-0.3, -0.25) is 0 Å². The Bertz CT molecular complexity index is 875. The molecule has 0 aliphatic heterocycles. The number of halogens is 2. The second-order valence-corrected chi connectivity index (χ2v) is 7.77. The maximum absolute atomic E-state index is 6.23. The second kappa shape index (κ2) is 7.68. The minimum atomic E-state index is 0.493. The molecule has 0 bridgehead atoms. The first-order chi connectivity index (χ1) is 12.0. The van der Waals surface area contributed by atoms with Gasteiger partial charge in [-0.1, -0.05) is 73.1 Å². The van der Waals surface area contributed by atoms with Crippen LogP contribution in [0.25, 0.3) is 11.4 Å². The lowest BCUT2D eigenvalue weighted by Crippen LogP contribution is -2.11. The van der Waals surface area contributed by atoms with Crippen molar-refractivity contribution in [2.24, 2.45) is 0 Å². The van der Waals surface area contributed by atoms with Crippen molar-refractivity contribution in [1.29, 1.82) is 0 Å². The molecule has 2 N–H and O–H groups in total. The lowest BCUT2D eigenvalue weighted by molar-refractivity contribution is 0.849. The van der Waals surface area contributed by atoms with Crippen LogP contribution in [0.5, 0.6) is 0 Å². The molecule has 25 heavy (non-hydrogen) atoms. The molecule has 7 heteroatoms. The first kappa shape index (κ1) is 18.1. The monoisotopic (exact) mass is 392 g/mol. The topological polar surface area (TPSA) is 56.7 Å². The molecule has 0 atom stereocenters. The summed E-state index contributed by atoms with van der Waals surface area (Å²) in [6.45, 7) is 4.37. The van der Waals surface area contributed by atoms with Crippen LogP contribution in [0.15, 0.2) is 47.6 Å². The summed E-state index contributed by atoms with van der Waals surface area (Å²) >= 11 is 13.7. The zero-order valence-electron chi connectivity index (χ0n) is 13.9. The molecule has 0 aliphatic carbocycles.